The van der Waals surface area contributed by atoms with Gasteiger partial charge in [0.15, 0.2) is 6.17 Å². The van der Waals surface area contributed by atoms with Gasteiger partial charge in [0.25, 0.3) is 5.92 Å². The van der Waals surface area contributed by atoms with Gasteiger partial charge in [-0.1, -0.05) is 42.1 Å². The van der Waals surface area contributed by atoms with Crippen LogP contribution < -0.4 is 0 Å². The van der Waals surface area contributed by atoms with Crippen LogP contribution in [0.15, 0.2) is 30.3 Å². The number of halogens is 4. The van der Waals surface area contributed by atoms with Gasteiger partial charge in [0, 0.05) is 17.7 Å². The van der Waals surface area contributed by atoms with Crippen molar-refractivity contribution in [1.82, 2.24) is 0 Å². The minimum absolute atomic E-state index is 0.256. The molecule has 0 saturated carbocycles. The van der Waals surface area contributed by atoms with Gasteiger partial charge in [0.1, 0.15) is 6.17 Å². The van der Waals surface area contributed by atoms with Crippen molar-refractivity contribution >= 4 is 16.9 Å². The normalized spacial score (nSPS) is 15.0. The van der Waals surface area contributed by atoms with E-state index in [1.165, 1.54) is 0 Å². The Bertz CT molecular complexity index is 408. The van der Waals surface area contributed by atoms with Gasteiger partial charge in [0.05, 0.1) is 0 Å². The first kappa shape index (κ1) is 16.0. The summed E-state index contributed by atoms with van der Waals surface area (Å²) in [6.07, 6.45) is -5.93. The van der Waals surface area contributed by atoms with E-state index < -0.39 is 24.7 Å². The minimum atomic E-state index is -3.75. The van der Waals surface area contributed by atoms with E-state index in [0.29, 0.717) is 17.3 Å². The number of thioether (sulfide) groups is 1. The van der Waals surface area contributed by atoms with E-state index in [-0.39, 0.29) is 10.9 Å². The molecule has 0 bridgehead atoms. The van der Waals surface area contributed by atoms with Crippen molar-refractivity contribution < 1.29 is 22.4 Å². The lowest BCUT2D eigenvalue weighted by Gasteiger charge is -2.21. The Hall–Kier alpha value is -1.04. The number of carbonyl (C=O) groups is 1. The molecule has 0 saturated heterocycles. The molecule has 0 spiro atoms. The van der Waals surface area contributed by atoms with Crippen LogP contribution in [0.3, 0.4) is 0 Å². The molecule has 6 heteroatoms. The number of alkyl halides is 4. The summed E-state index contributed by atoms with van der Waals surface area (Å²) in [6.45, 7) is 0.751. The quantitative estimate of drug-likeness (QED) is 0.728. The Labute approximate surface area is 113 Å². The second-order valence-electron chi connectivity index (χ2n) is 4.09. The molecule has 0 amide bonds. The summed E-state index contributed by atoms with van der Waals surface area (Å²) in [7, 11) is 0. The smallest absolute Gasteiger partial charge is 0.282 e. The fourth-order valence-electron chi connectivity index (χ4n) is 1.41. The van der Waals surface area contributed by atoms with Crippen LogP contribution in [0.4, 0.5) is 17.6 Å². The maximum atomic E-state index is 13.2. The van der Waals surface area contributed by atoms with E-state index in [0.717, 1.165) is 6.92 Å². The fraction of sp³-hybridized carbons (Fsp3) is 0.462. The van der Waals surface area contributed by atoms with Gasteiger partial charge in [-0.15, -0.1) is 0 Å². The average molecular weight is 294 g/mol. The monoisotopic (exact) mass is 294 g/mol. The molecule has 0 aliphatic rings. The zero-order chi connectivity index (χ0) is 14.5. The van der Waals surface area contributed by atoms with E-state index in [4.69, 9.17) is 0 Å². The van der Waals surface area contributed by atoms with Gasteiger partial charge >= 0.3 is 0 Å². The molecule has 1 rings (SSSR count). The maximum Gasteiger partial charge on any atom is 0.282 e. The summed E-state index contributed by atoms with van der Waals surface area (Å²) in [4.78, 5) is 11.6. The standard InChI is InChI=1S/C13H14F4OS/c1-9(14)11(15)13(16,17)7-8-19-12(18)10-5-3-2-4-6-10/h2-6,9,11H,7-8H2,1H3. The molecule has 19 heavy (non-hydrogen) atoms. The molecule has 0 N–H and O–H groups in total. The van der Waals surface area contributed by atoms with E-state index in [9.17, 15) is 22.4 Å². The molecular formula is C13H14F4OS. The van der Waals surface area contributed by atoms with E-state index in [1.54, 1.807) is 30.3 Å². The molecule has 1 aromatic rings. The van der Waals surface area contributed by atoms with Crippen molar-refractivity contribution in [2.24, 2.45) is 0 Å². The van der Waals surface area contributed by atoms with E-state index in [1.807, 2.05) is 0 Å². The molecule has 106 valence electrons. The summed E-state index contributed by atoms with van der Waals surface area (Å²) in [5, 5.41) is -0.361. The second kappa shape index (κ2) is 6.93. The van der Waals surface area contributed by atoms with Crippen LogP contribution >= 0.6 is 11.8 Å². The highest BCUT2D eigenvalue weighted by molar-refractivity contribution is 8.14. The van der Waals surface area contributed by atoms with E-state index >= 15 is 0 Å². The number of hydrogen-bond donors (Lipinski definition) is 0. The largest absolute Gasteiger partial charge is 0.282 e. The highest BCUT2D eigenvalue weighted by Crippen LogP contribution is 2.31. The predicted molar refractivity (Wildman–Crippen MR) is 68.3 cm³/mol. The maximum absolute atomic E-state index is 13.2. The van der Waals surface area contributed by atoms with Gasteiger partial charge < -0.3 is 0 Å². The fourth-order valence-corrected chi connectivity index (χ4v) is 2.27. The van der Waals surface area contributed by atoms with Crippen LogP contribution in [0, 0.1) is 0 Å². The summed E-state index contributed by atoms with van der Waals surface area (Å²) >= 11 is 0.677. The Morgan fingerprint density at radius 2 is 1.84 bits per heavy atom. The van der Waals surface area contributed by atoms with Gasteiger partial charge in [-0.3, -0.25) is 4.79 Å². The number of hydrogen-bond acceptors (Lipinski definition) is 2. The van der Waals surface area contributed by atoms with Crippen molar-refractivity contribution in [3.05, 3.63) is 35.9 Å². The van der Waals surface area contributed by atoms with Gasteiger partial charge in [-0.2, -0.15) is 0 Å². The van der Waals surface area contributed by atoms with Crippen molar-refractivity contribution in [2.75, 3.05) is 5.75 Å². The SMILES string of the molecule is CC(F)C(F)C(F)(F)CCSC(=O)c1ccccc1. The Balaban J connectivity index is 2.44. The minimum Gasteiger partial charge on any atom is -0.282 e. The average Bonchev–Trinajstić information content (AvgIpc) is 2.38. The molecule has 0 aromatic heterocycles. The molecule has 0 fully saturated rings. The number of carbonyl (C=O) groups excluding carboxylic acids is 1. The first-order chi connectivity index (χ1) is 8.84. The molecule has 2 unspecified atom stereocenters. The highest BCUT2D eigenvalue weighted by atomic mass is 32.2. The molecule has 0 aliphatic carbocycles. The zero-order valence-corrected chi connectivity index (χ0v) is 11.1. The molecule has 2 atom stereocenters. The van der Waals surface area contributed by atoms with Gasteiger partial charge in [-0.25, -0.2) is 17.6 Å². The summed E-state index contributed by atoms with van der Waals surface area (Å²) in [5.74, 6) is -4.01. The third-order valence-electron chi connectivity index (χ3n) is 2.48. The number of rotatable bonds is 6. The van der Waals surface area contributed by atoms with Crippen LogP contribution in [0.2, 0.25) is 0 Å². The molecule has 1 nitrogen and oxygen atoms in total. The summed E-state index contributed by atoms with van der Waals surface area (Å²) in [6, 6.07) is 8.17. The van der Waals surface area contributed by atoms with Crippen molar-refractivity contribution in [3.63, 3.8) is 0 Å². The summed E-state index contributed by atoms with van der Waals surface area (Å²) < 4.78 is 51.8. The highest BCUT2D eigenvalue weighted by Gasteiger charge is 2.43. The first-order valence-electron chi connectivity index (χ1n) is 5.72. The van der Waals surface area contributed by atoms with Crippen LogP contribution in [0.25, 0.3) is 0 Å². The molecule has 0 aliphatic heterocycles. The van der Waals surface area contributed by atoms with E-state index in [2.05, 4.69) is 0 Å². The summed E-state index contributed by atoms with van der Waals surface area (Å²) in [5.41, 5.74) is 0.395. The van der Waals surface area contributed by atoms with Crippen molar-refractivity contribution in [1.29, 1.82) is 0 Å². The van der Waals surface area contributed by atoms with Crippen LogP contribution in [-0.4, -0.2) is 29.1 Å². The van der Waals surface area contributed by atoms with Crippen LogP contribution in [0.1, 0.15) is 23.7 Å². The van der Waals surface area contributed by atoms with Crippen molar-refractivity contribution in [2.45, 2.75) is 31.6 Å². The molecule has 0 heterocycles. The van der Waals surface area contributed by atoms with Gasteiger partial charge in [-0.05, 0) is 6.92 Å². The first-order valence-corrected chi connectivity index (χ1v) is 6.71. The Morgan fingerprint density at radius 1 is 1.26 bits per heavy atom. The topological polar surface area (TPSA) is 17.1 Å². The lowest BCUT2D eigenvalue weighted by atomic mass is 10.1. The zero-order valence-electron chi connectivity index (χ0n) is 10.3. The third kappa shape index (κ3) is 4.86. The molecular weight excluding hydrogens is 280 g/mol. The molecule has 1 aromatic carbocycles. The predicted octanol–water partition coefficient (Wildman–Crippen LogP) is 4.28. The molecule has 0 radical (unpaired) electrons. The second-order valence-corrected chi connectivity index (χ2v) is 5.16. The lowest BCUT2D eigenvalue weighted by Crippen LogP contribution is -2.36. The Morgan fingerprint density at radius 3 is 2.37 bits per heavy atom. The third-order valence-corrected chi connectivity index (χ3v) is 3.39. The number of benzene rings is 1. The van der Waals surface area contributed by atoms with Gasteiger partial charge in [0.2, 0.25) is 5.12 Å². The Kier molecular flexibility index (Phi) is 5.85. The van der Waals surface area contributed by atoms with Crippen LogP contribution in [-0.2, 0) is 0 Å². The van der Waals surface area contributed by atoms with Crippen molar-refractivity contribution in [3.8, 4) is 0 Å². The lowest BCUT2D eigenvalue weighted by molar-refractivity contribution is -0.0970. The van der Waals surface area contributed by atoms with Crippen LogP contribution in [0.5, 0.6) is 0 Å².